The molecule has 1 saturated carbocycles. The maximum absolute atomic E-state index is 12.3. The van der Waals surface area contributed by atoms with Gasteiger partial charge in [-0.1, -0.05) is 0 Å². The molecule has 1 aliphatic rings. The van der Waals surface area contributed by atoms with Crippen molar-refractivity contribution in [2.75, 3.05) is 11.6 Å². The summed E-state index contributed by atoms with van der Waals surface area (Å²) in [6, 6.07) is 5.79. The van der Waals surface area contributed by atoms with Crippen molar-refractivity contribution >= 4 is 23.5 Å². The third-order valence-corrected chi connectivity index (χ3v) is 4.53. The third-order valence-electron chi connectivity index (χ3n) is 3.96. The van der Waals surface area contributed by atoms with Gasteiger partial charge in [-0.25, -0.2) is 4.68 Å². The number of nitrogens with zero attached hydrogens (tertiary/aromatic N) is 2. The van der Waals surface area contributed by atoms with Crippen LogP contribution in [0.15, 0.2) is 22.6 Å². The smallest absolute Gasteiger partial charge is 0.292 e. The lowest BCUT2D eigenvalue weighted by molar-refractivity contribution is 0.0994. The first kappa shape index (κ1) is 15.2. The minimum atomic E-state index is -0.225. The summed E-state index contributed by atoms with van der Waals surface area (Å²) in [4.78, 5) is 12.3. The molecule has 0 radical (unpaired) electrons. The predicted molar refractivity (Wildman–Crippen MR) is 88.3 cm³/mol. The van der Waals surface area contributed by atoms with Gasteiger partial charge in [0.15, 0.2) is 5.76 Å². The van der Waals surface area contributed by atoms with E-state index in [-0.39, 0.29) is 5.91 Å². The van der Waals surface area contributed by atoms with Crippen LogP contribution in [0.1, 0.15) is 47.8 Å². The molecule has 2 heterocycles. The molecule has 1 fully saturated rings. The van der Waals surface area contributed by atoms with Crippen molar-refractivity contribution in [3.05, 3.63) is 35.4 Å². The summed E-state index contributed by atoms with van der Waals surface area (Å²) < 4.78 is 7.49. The van der Waals surface area contributed by atoms with Crippen LogP contribution < -0.4 is 5.32 Å². The summed E-state index contributed by atoms with van der Waals surface area (Å²) >= 11 is 1.66. The second-order valence-electron chi connectivity index (χ2n) is 5.85. The highest BCUT2D eigenvalue weighted by Crippen LogP contribution is 2.40. The first-order chi connectivity index (χ1) is 10.6. The molecule has 0 bridgehead atoms. The Labute approximate surface area is 134 Å². The number of furan rings is 1. The standard InChI is InChI=1S/C16H21N3O2S/c1-10-8-15(19(18-10)11(2)12-4-5-12)17-16(20)14-7-6-13(21-14)9-22-3/h6-8,11-12H,4-5,9H2,1-3H3,(H,17,20). The molecule has 6 heteroatoms. The Morgan fingerprint density at radius 2 is 2.32 bits per heavy atom. The first-order valence-electron chi connectivity index (χ1n) is 7.53. The quantitative estimate of drug-likeness (QED) is 0.878. The Morgan fingerprint density at radius 3 is 3.00 bits per heavy atom. The number of thioether (sulfide) groups is 1. The van der Waals surface area contributed by atoms with Gasteiger partial charge in [-0.3, -0.25) is 4.79 Å². The average molecular weight is 319 g/mol. The SMILES string of the molecule is CSCc1ccc(C(=O)Nc2cc(C)nn2C(C)C2CC2)o1. The monoisotopic (exact) mass is 319 g/mol. The summed E-state index contributed by atoms with van der Waals surface area (Å²) in [5, 5.41) is 7.45. The van der Waals surface area contributed by atoms with Gasteiger partial charge in [-0.05, 0) is 51.0 Å². The Kier molecular flexibility index (Phi) is 4.29. The van der Waals surface area contributed by atoms with E-state index in [2.05, 4.69) is 17.3 Å². The highest BCUT2D eigenvalue weighted by Gasteiger charge is 2.31. The van der Waals surface area contributed by atoms with E-state index in [0.717, 1.165) is 23.0 Å². The van der Waals surface area contributed by atoms with Crippen molar-refractivity contribution in [1.29, 1.82) is 0 Å². The zero-order valence-electron chi connectivity index (χ0n) is 13.1. The van der Waals surface area contributed by atoms with Crippen molar-refractivity contribution in [2.45, 2.75) is 38.5 Å². The summed E-state index contributed by atoms with van der Waals surface area (Å²) in [5.41, 5.74) is 0.908. The van der Waals surface area contributed by atoms with E-state index in [1.54, 1.807) is 17.8 Å². The number of carbonyl (C=O) groups excluding carboxylic acids is 1. The predicted octanol–water partition coefficient (Wildman–Crippen LogP) is 3.87. The van der Waals surface area contributed by atoms with Crippen molar-refractivity contribution < 1.29 is 9.21 Å². The van der Waals surface area contributed by atoms with E-state index in [1.807, 2.05) is 30.0 Å². The number of nitrogens with one attached hydrogen (secondary N) is 1. The topological polar surface area (TPSA) is 60.1 Å². The van der Waals surface area contributed by atoms with Crippen LogP contribution in [0.4, 0.5) is 5.82 Å². The van der Waals surface area contributed by atoms with Crippen LogP contribution in [0.25, 0.3) is 0 Å². The Bertz CT molecular complexity index is 673. The van der Waals surface area contributed by atoms with Crippen LogP contribution in [-0.4, -0.2) is 21.9 Å². The molecule has 0 aromatic carbocycles. The lowest BCUT2D eigenvalue weighted by Crippen LogP contribution is -2.18. The van der Waals surface area contributed by atoms with Gasteiger partial charge in [-0.2, -0.15) is 16.9 Å². The number of aryl methyl sites for hydroxylation is 1. The minimum absolute atomic E-state index is 0.225. The lowest BCUT2D eigenvalue weighted by Gasteiger charge is -2.14. The van der Waals surface area contributed by atoms with Gasteiger partial charge >= 0.3 is 0 Å². The van der Waals surface area contributed by atoms with Crippen LogP contribution in [0.5, 0.6) is 0 Å². The molecule has 0 spiro atoms. The number of hydrogen-bond donors (Lipinski definition) is 1. The third kappa shape index (κ3) is 3.21. The molecule has 118 valence electrons. The molecule has 2 aromatic rings. The molecular formula is C16H21N3O2S. The van der Waals surface area contributed by atoms with Crippen molar-refractivity contribution in [2.24, 2.45) is 5.92 Å². The van der Waals surface area contributed by atoms with Crippen molar-refractivity contribution in [1.82, 2.24) is 9.78 Å². The Hall–Kier alpha value is -1.69. The van der Waals surface area contributed by atoms with E-state index in [4.69, 9.17) is 4.42 Å². The number of hydrogen-bond acceptors (Lipinski definition) is 4. The molecule has 1 unspecified atom stereocenters. The minimum Gasteiger partial charge on any atom is -0.455 e. The van der Waals surface area contributed by atoms with E-state index in [9.17, 15) is 4.79 Å². The van der Waals surface area contributed by atoms with Crippen molar-refractivity contribution in [3.8, 4) is 0 Å². The van der Waals surface area contributed by atoms with Crippen LogP contribution >= 0.6 is 11.8 Å². The number of amides is 1. The van der Waals surface area contributed by atoms with Gasteiger partial charge < -0.3 is 9.73 Å². The molecule has 3 rings (SSSR count). The number of rotatable bonds is 6. The fourth-order valence-corrected chi connectivity index (χ4v) is 3.04. The van der Waals surface area contributed by atoms with Gasteiger partial charge in [0.1, 0.15) is 11.6 Å². The second kappa shape index (κ2) is 6.20. The fraction of sp³-hybridized carbons (Fsp3) is 0.500. The average Bonchev–Trinajstić information content (AvgIpc) is 3.12. The molecule has 1 N–H and O–H groups in total. The molecular weight excluding hydrogens is 298 g/mol. The van der Waals surface area contributed by atoms with E-state index in [0.29, 0.717) is 17.7 Å². The summed E-state index contributed by atoms with van der Waals surface area (Å²) in [6.07, 6.45) is 4.48. The molecule has 0 saturated heterocycles. The van der Waals surface area contributed by atoms with Crippen LogP contribution in [-0.2, 0) is 5.75 Å². The number of carbonyl (C=O) groups is 1. The van der Waals surface area contributed by atoms with Crippen molar-refractivity contribution in [3.63, 3.8) is 0 Å². The largest absolute Gasteiger partial charge is 0.455 e. The van der Waals surface area contributed by atoms with Gasteiger partial charge in [-0.15, -0.1) is 0 Å². The zero-order valence-corrected chi connectivity index (χ0v) is 13.9. The Balaban J connectivity index is 1.75. The summed E-state index contributed by atoms with van der Waals surface area (Å²) in [6.45, 7) is 4.10. The molecule has 1 atom stereocenters. The number of aromatic nitrogens is 2. The molecule has 2 aromatic heterocycles. The molecule has 22 heavy (non-hydrogen) atoms. The lowest BCUT2D eigenvalue weighted by atomic mass is 10.2. The van der Waals surface area contributed by atoms with Crippen LogP contribution in [0, 0.1) is 12.8 Å². The maximum Gasteiger partial charge on any atom is 0.292 e. The van der Waals surface area contributed by atoms with Gasteiger partial charge in [0.2, 0.25) is 0 Å². The molecule has 1 aliphatic carbocycles. The summed E-state index contributed by atoms with van der Waals surface area (Å²) in [5.74, 6) is 3.11. The highest BCUT2D eigenvalue weighted by atomic mass is 32.2. The van der Waals surface area contributed by atoms with E-state index in [1.165, 1.54) is 12.8 Å². The zero-order chi connectivity index (χ0) is 15.7. The molecule has 0 aliphatic heterocycles. The molecule has 5 nitrogen and oxygen atoms in total. The molecule has 1 amide bonds. The normalized spacial score (nSPS) is 15.8. The van der Waals surface area contributed by atoms with Gasteiger partial charge in [0.05, 0.1) is 17.5 Å². The Morgan fingerprint density at radius 1 is 1.55 bits per heavy atom. The fourth-order valence-electron chi connectivity index (χ4n) is 2.60. The van der Waals surface area contributed by atoms with Gasteiger partial charge in [0, 0.05) is 6.07 Å². The van der Waals surface area contributed by atoms with Gasteiger partial charge in [0.25, 0.3) is 5.91 Å². The van der Waals surface area contributed by atoms with Crippen LogP contribution in [0.3, 0.4) is 0 Å². The first-order valence-corrected chi connectivity index (χ1v) is 8.93. The second-order valence-corrected chi connectivity index (χ2v) is 6.71. The summed E-state index contributed by atoms with van der Waals surface area (Å²) in [7, 11) is 0. The van der Waals surface area contributed by atoms with E-state index >= 15 is 0 Å². The van der Waals surface area contributed by atoms with E-state index < -0.39 is 0 Å². The maximum atomic E-state index is 12.3. The number of anilines is 1. The highest BCUT2D eigenvalue weighted by molar-refractivity contribution is 7.97. The van der Waals surface area contributed by atoms with Crippen LogP contribution in [0.2, 0.25) is 0 Å².